The predicted octanol–water partition coefficient (Wildman–Crippen LogP) is 5.05. The minimum atomic E-state index is 0.935. The van der Waals surface area contributed by atoms with Gasteiger partial charge < -0.3 is 0 Å². The van der Waals surface area contributed by atoms with Crippen LogP contribution in [0.1, 0.15) is 60.3 Å². The molecule has 0 saturated heterocycles. The Morgan fingerprint density at radius 1 is 0.833 bits per heavy atom. The van der Waals surface area contributed by atoms with Crippen molar-refractivity contribution < 1.29 is 0 Å². The lowest BCUT2D eigenvalue weighted by atomic mass is 10.1. The Morgan fingerprint density at radius 2 is 1.08 bits per heavy atom. The highest BCUT2D eigenvalue weighted by molar-refractivity contribution is 4.41. The van der Waals surface area contributed by atoms with E-state index in [1.807, 2.05) is 0 Å². The standard InChI is InChI=1S/C6H14.C4H10.C2H4/c1-4-6(3)5-2;1-3-4-2;1-2/h6H,4-5H2,1-3H3;3-4H2,1-2H3;1-2H2. The van der Waals surface area contributed by atoms with Gasteiger partial charge in [0.15, 0.2) is 0 Å². The topological polar surface area (TPSA) is 0 Å². The van der Waals surface area contributed by atoms with Crippen LogP contribution in [0.4, 0.5) is 0 Å². The van der Waals surface area contributed by atoms with E-state index in [-0.39, 0.29) is 0 Å². The number of hydrogen-bond donors (Lipinski definition) is 0. The first-order valence-electron chi connectivity index (χ1n) is 5.22. The van der Waals surface area contributed by atoms with Crippen LogP contribution in [0.5, 0.6) is 0 Å². The van der Waals surface area contributed by atoms with Gasteiger partial charge in [-0.25, -0.2) is 0 Å². The van der Waals surface area contributed by atoms with Crippen LogP contribution in [0.3, 0.4) is 0 Å². The van der Waals surface area contributed by atoms with E-state index in [0.29, 0.717) is 0 Å². The second-order valence-electron chi connectivity index (χ2n) is 2.92. The van der Waals surface area contributed by atoms with Crippen molar-refractivity contribution in [2.75, 3.05) is 0 Å². The lowest BCUT2D eigenvalue weighted by Gasteiger charge is -1.98. The summed E-state index contributed by atoms with van der Waals surface area (Å²) in [5.41, 5.74) is 0. The summed E-state index contributed by atoms with van der Waals surface area (Å²) in [7, 11) is 0. The Morgan fingerprint density at radius 3 is 1.08 bits per heavy atom. The molecule has 0 aromatic heterocycles. The van der Waals surface area contributed by atoms with Crippen LogP contribution < -0.4 is 0 Å². The molecule has 0 bridgehead atoms. The molecule has 0 radical (unpaired) electrons. The van der Waals surface area contributed by atoms with E-state index in [1.54, 1.807) is 0 Å². The highest BCUT2D eigenvalue weighted by Crippen LogP contribution is 2.02. The van der Waals surface area contributed by atoms with E-state index in [2.05, 4.69) is 47.8 Å². The highest BCUT2D eigenvalue weighted by atomic mass is 13.9. The first-order chi connectivity index (χ1) is 5.72. The Hall–Kier alpha value is -0.260. The molecular weight excluding hydrogens is 144 g/mol. The third-order valence-corrected chi connectivity index (χ3v) is 1.89. The van der Waals surface area contributed by atoms with Crippen LogP contribution in [0.2, 0.25) is 0 Å². The number of hydrogen-bond acceptors (Lipinski definition) is 0. The summed E-state index contributed by atoms with van der Waals surface area (Å²) in [5, 5.41) is 0. The molecule has 0 fully saturated rings. The maximum absolute atomic E-state index is 3.00. The van der Waals surface area contributed by atoms with Crippen LogP contribution in [0.15, 0.2) is 13.2 Å². The molecule has 0 aromatic carbocycles. The molecule has 0 nitrogen and oxygen atoms in total. The Kier molecular flexibility index (Phi) is 33.1. The van der Waals surface area contributed by atoms with Crippen molar-refractivity contribution in [3.05, 3.63) is 13.2 Å². The van der Waals surface area contributed by atoms with Gasteiger partial charge in [0.2, 0.25) is 0 Å². The van der Waals surface area contributed by atoms with Gasteiger partial charge in [-0.1, -0.05) is 60.3 Å². The fraction of sp³-hybridized carbons (Fsp3) is 0.833. The first-order valence-corrected chi connectivity index (χ1v) is 5.22. The van der Waals surface area contributed by atoms with Crippen molar-refractivity contribution in [1.82, 2.24) is 0 Å². The maximum Gasteiger partial charge on any atom is -0.0448 e. The molecule has 0 rings (SSSR count). The molecule has 0 aliphatic carbocycles. The SMILES string of the molecule is C=C.CCC(C)CC.CCCC. The van der Waals surface area contributed by atoms with Gasteiger partial charge in [0.1, 0.15) is 0 Å². The molecule has 0 saturated carbocycles. The number of unbranched alkanes of at least 4 members (excludes halogenated alkanes) is 1. The molecule has 0 heteroatoms. The van der Waals surface area contributed by atoms with Crippen molar-refractivity contribution in [3.8, 4) is 0 Å². The summed E-state index contributed by atoms with van der Waals surface area (Å²) in [4.78, 5) is 0. The second kappa shape index (κ2) is 22.4. The average molecular weight is 172 g/mol. The minimum absolute atomic E-state index is 0.935. The van der Waals surface area contributed by atoms with Gasteiger partial charge in [0, 0.05) is 0 Å². The minimum Gasteiger partial charge on any atom is -0.106 e. The van der Waals surface area contributed by atoms with Crippen LogP contribution >= 0.6 is 0 Å². The fourth-order valence-corrected chi connectivity index (χ4v) is 0.289. The Bertz CT molecular complexity index is 42.0. The molecule has 0 N–H and O–H groups in total. The summed E-state index contributed by atoms with van der Waals surface area (Å²) in [5.74, 6) is 0.935. The molecule has 0 atom stereocenters. The van der Waals surface area contributed by atoms with E-state index >= 15 is 0 Å². The molecular formula is C12H28. The molecule has 0 aliphatic heterocycles. The molecule has 0 spiro atoms. The van der Waals surface area contributed by atoms with Crippen LogP contribution in [0.25, 0.3) is 0 Å². The predicted molar refractivity (Wildman–Crippen MR) is 61.6 cm³/mol. The molecule has 0 unspecified atom stereocenters. The Balaban J connectivity index is -0.000000118. The van der Waals surface area contributed by atoms with E-state index in [9.17, 15) is 0 Å². The Labute approximate surface area is 80.1 Å². The van der Waals surface area contributed by atoms with Gasteiger partial charge in [-0.15, -0.1) is 13.2 Å². The van der Waals surface area contributed by atoms with Crippen molar-refractivity contribution in [2.45, 2.75) is 60.3 Å². The van der Waals surface area contributed by atoms with Crippen molar-refractivity contribution in [3.63, 3.8) is 0 Å². The van der Waals surface area contributed by atoms with Gasteiger partial charge in [-0.3, -0.25) is 0 Å². The van der Waals surface area contributed by atoms with Crippen molar-refractivity contribution in [2.24, 2.45) is 5.92 Å². The summed E-state index contributed by atoms with van der Waals surface area (Å²) in [6.07, 6.45) is 5.30. The monoisotopic (exact) mass is 172 g/mol. The van der Waals surface area contributed by atoms with E-state index in [0.717, 1.165) is 5.92 Å². The van der Waals surface area contributed by atoms with Gasteiger partial charge >= 0.3 is 0 Å². The summed E-state index contributed by atoms with van der Waals surface area (Å²) in [6.45, 7) is 17.1. The molecule has 0 aliphatic rings. The van der Waals surface area contributed by atoms with E-state index < -0.39 is 0 Å². The normalized spacial score (nSPS) is 7.83. The van der Waals surface area contributed by atoms with Crippen LogP contribution in [-0.4, -0.2) is 0 Å². The highest BCUT2D eigenvalue weighted by Gasteiger charge is 1.88. The zero-order chi connectivity index (χ0) is 10.4. The molecule has 0 aromatic rings. The van der Waals surface area contributed by atoms with E-state index in [1.165, 1.54) is 25.7 Å². The lowest BCUT2D eigenvalue weighted by Crippen LogP contribution is -1.85. The third-order valence-electron chi connectivity index (χ3n) is 1.89. The molecule has 0 amide bonds. The van der Waals surface area contributed by atoms with Crippen LogP contribution in [0, 0.1) is 5.92 Å². The number of rotatable bonds is 3. The van der Waals surface area contributed by atoms with Gasteiger partial charge in [-0.2, -0.15) is 0 Å². The molecule has 12 heavy (non-hydrogen) atoms. The van der Waals surface area contributed by atoms with Crippen molar-refractivity contribution >= 4 is 0 Å². The largest absolute Gasteiger partial charge is 0.106 e. The van der Waals surface area contributed by atoms with Gasteiger partial charge in [0.05, 0.1) is 0 Å². The fourth-order valence-electron chi connectivity index (χ4n) is 0.289. The average Bonchev–Trinajstić information content (AvgIpc) is 2.20. The maximum atomic E-state index is 3.00. The summed E-state index contributed by atoms with van der Waals surface area (Å²) >= 11 is 0. The van der Waals surface area contributed by atoms with E-state index in [4.69, 9.17) is 0 Å². The quantitative estimate of drug-likeness (QED) is 0.522. The molecule has 0 heterocycles. The van der Waals surface area contributed by atoms with Crippen LogP contribution in [-0.2, 0) is 0 Å². The first kappa shape index (κ1) is 17.7. The smallest absolute Gasteiger partial charge is 0.0448 e. The second-order valence-corrected chi connectivity index (χ2v) is 2.92. The summed E-state index contributed by atoms with van der Waals surface area (Å²) < 4.78 is 0. The van der Waals surface area contributed by atoms with Gasteiger partial charge in [-0.05, 0) is 5.92 Å². The third kappa shape index (κ3) is 33.1. The van der Waals surface area contributed by atoms with Crippen molar-refractivity contribution in [1.29, 1.82) is 0 Å². The van der Waals surface area contributed by atoms with Gasteiger partial charge in [0.25, 0.3) is 0 Å². The summed E-state index contributed by atoms with van der Waals surface area (Å²) in [6, 6.07) is 0. The zero-order valence-corrected chi connectivity index (χ0v) is 9.82. The zero-order valence-electron chi connectivity index (χ0n) is 9.82. The molecule has 76 valence electrons. The lowest BCUT2D eigenvalue weighted by molar-refractivity contribution is 0.544.